The fraction of sp³-hybridized carbons (Fsp3) is 0.933. The van der Waals surface area contributed by atoms with Crippen LogP contribution < -0.4 is 5.32 Å². The van der Waals surface area contributed by atoms with Crippen LogP contribution in [0.5, 0.6) is 0 Å². The van der Waals surface area contributed by atoms with Crippen molar-refractivity contribution in [1.82, 2.24) is 10.2 Å². The Labute approximate surface area is 127 Å². The molecular weight excluding hydrogens is 288 g/mol. The molecule has 2 heterocycles. The number of hydrogen-bond donors (Lipinski definition) is 1. The topological polar surface area (TPSA) is 66.5 Å². The number of carbonyl (C=O) groups excluding carboxylic acids is 1. The number of nitrogens with one attached hydrogen (secondary N) is 1. The molecule has 1 saturated carbocycles. The summed E-state index contributed by atoms with van der Waals surface area (Å²) in [6, 6.07) is 0. The van der Waals surface area contributed by atoms with Crippen LogP contribution in [0.4, 0.5) is 0 Å². The van der Waals surface area contributed by atoms with Gasteiger partial charge in [0, 0.05) is 6.54 Å². The van der Waals surface area contributed by atoms with Gasteiger partial charge in [0.2, 0.25) is 5.91 Å². The van der Waals surface area contributed by atoms with Crippen LogP contribution in [0.1, 0.15) is 51.9 Å². The van der Waals surface area contributed by atoms with Crippen LogP contribution >= 0.6 is 0 Å². The highest BCUT2D eigenvalue weighted by Gasteiger charge is 2.52. The Balaban J connectivity index is 1.73. The highest BCUT2D eigenvalue weighted by molar-refractivity contribution is 7.91. The lowest BCUT2D eigenvalue weighted by molar-refractivity contribution is -0.133. The van der Waals surface area contributed by atoms with Gasteiger partial charge >= 0.3 is 0 Å². The third-order valence-electron chi connectivity index (χ3n) is 5.29. The van der Waals surface area contributed by atoms with Gasteiger partial charge in [-0.1, -0.05) is 26.2 Å². The van der Waals surface area contributed by atoms with E-state index in [4.69, 9.17) is 0 Å². The molecule has 2 aliphatic heterocycles. The quantitative estimate of drug-likeness (QED) is 0.849. The molecule has 6 heteroatoms. The molecule has 120 valence electrons. The van der Waals surface area contributed by atoms with Gasteiger partial charge in [0.25, 0.3) is 0 Å². The molecule has 2 unspecified atom stereocenters. The van der Waals surface area contributed by atoms with Gasteiger partial charge in [-0.05, 0) is 31.6 Å². The first-order chi connectivity index (χ1) is 9.96. The van der Waals surface area contributed by atoms with Crippen molar-refractivity contribution < 1.29 is 13.2 Å². The monoisotopic (exact) mass is 314 g/mol. The molecule has 1 amide bonds. The zero-order valence-corrected chi connectivity index (χ0v) is 13.6. The van der Waals surface area contributed by atoms with Gasteiger partial charge in [0.05, 0.1) is 23.2 Å². The molecule has 0 radical (unpaired) electrons. The lowest BCUT2D eigenvalue weighted by atomic mass is 9.97. The summed E-state index contributed by atoms with van der Waals surface area (Å²) in [6.45, 7) is 2.74. The van der Waals surface area contributed by atoms with Crippen molar-refractivity contribution in [3.63, 3.8) is 0 Å². The second-order valence-electron chi connectivity index (χ2n) is 6.96. The van der Waals surface area contributed by atoms with Crippen LogP contribution in [0.15, 0.2) is 0 Å². The SMILES string of the molecule is CCCC1NC2(CCCC2)C(=O)N1CC1CCS(=O)(=O)C1. The van der Waals surface area contributed by atoms with Crippen molar-refractivity contribution in [2.45, 2.75) is 63.6 Å². The van der Waals surface area contributed by atoms with Crippen molar-refractivity contribution in [3.05, 3.63) is 0 Å². The molecule has 5 nitrogen and oxygen atoms in total. The van der Waals surface area contributed by atoms with Crippen molar-refractivity contribution in [2.24, 2.45) is 5.92 Å². The summed E-state index contributed by atoms with van der Waals surface area (Å²) in [5.74, 6) is 0.888. The first-order valence-electron chi connectivity index (χ1n) is 8.25. The predicted octanol–water partition coefficient (Wildman–Crippen LogP) is 1.29. The zero-order valence-electron chi connectivity index (χ0n) is 12.8. The molecule has 1 spiro atoms. The third kappa shape index (κ3) is 2.84. The molecule has 2 saturated heterocycles. The van der Waals surface area contributed by atoms with Crippen LogP contribution in [-0.4, -0.2) is 49.0 Å². The summed E-state index contributed by atoms with van der Waals surface area (Å²) < 4.78 is 23.3. The maximum atomic E-state index is 12.9. The smallest absolute Gasteiger partial charge is 0.244 e. The van der Waals surface area contributed by atoms with E-state index in [-0.39, 0.29) is 35.0 Å². The minimum atomic E-state index is -2.87. The zero-order chi connectivity index (χ0) is 15.1. The summed E-state index contributed by atoms with van der Waals surface area (Å²) in [4.78, 5) is 14.8. The van der Waals surface area contributed by atoms with E-state index in [0.29, 0.717) is 13.0 Å². The first kappa shape index (κ1) is 15.3. The van der Waals surface area contributed by atoms with Gasteiger partial charge in [-0.2, -0.15) is 0 Å². The Morgan fingerprint density at radius 1 is 1.33 bits per heavy atom. The van der Waals surface area contributed by atoms with Gasteiger partial charge in [0.15, 0.2) is 9.84 Å². The van der Waals surface area contributed by atoms with Crippen LogP contribution in [-0.2, 0) is 14.6 Å². The summed E-state index contributed by atoms with van der Waals surface area (Å²) in [5, 5.41) is 3.59. The largest absolute Gasteiger partial charge is 0.325 e. The number of rotatable bonds is 4. The van der Waals surface area contributed by atoms with Crippen molar-refractivity contribution in [3.8, 4) is 0 Å². The average Bonchev–Trinajstić information content (AvgIpc) is 3.08. The van der Waals surface area contributed by atoms with E-state index in [9.17, 15) is 13.2 Å². The molecule has 21 heavy (non-hydrogen) atoms. The molecule has 3 aliphatic rings. The highest BCUT2D eigenvalue weighted by Crippen LogP contribution is 2.38. The third-order valence-corrected chi connectivity index (χ3v) is 7.13. The minimum Gasteiger partial charge on any atom is -0.325 e. The Hall–Kier alpha value is -0.620. The maximum Gasteiger partial charge on any atom is 0.244 e. The second-order valence-corrected chi connectivity index (χ2v) is 9.19. The molecule has 3 rings (SSSR count). The van der Waals surface area contributed by atoms with E-state index in [1.807, 2.05) is 4.90 Å². The van der Waals surface area contributed by atoms with Gasteiger partial charge in [-0.15, -0.1) is 0 Å². The number of nitrogens with zero attached hydrogens (tertiary/aromatic N) is 1. The number of carbonyl (C=O) groups is 1. The molecule has 1 N–H and O–H groups in total. The van der Waals surface area contributed by atoms with E-state index < -0.39 is 9.84 Å². The van der Waals surface area contributed by atoms with E-state index in [0.717, 1.165) is 38.5 Å². The predicted molar refractivity (Wildman–Crippen MR) is 81.5 cm³/mol. The fourth-order valence-corrected chi connectivity index (χ4v) is 6.07. The van der Waals surface area contributed by atoms with E-state index >= 15 is 0 Å². The molecule has 0 aromatic carbocycles. The lowest BCUT2D eigenvalue weighted by Gasteiger charge is -2.26. The van der Waals surface area contributed by atoms with E-state index in [1.54, 1.807) is 0 Å². The maximum absolute atomic E-state index is 12.9. The number of sulfone groups is 1. The van der Waals surface area contributed by atoms with Crippen molar-refractivity contribution in [2.75, 3.05) is 18.1 Å². The highest BCUT2D eigenvalue weighted by atomic mass is 32.2. The standard InChI is InChI=1S/C15H26N2O3S/c1-2-5-13-16-15(7-3-4-8-15)14(18)17(13)10-12-6-9-21(19,20)11-12/h12-13,16H,2-11H2,1H3. The molecular formula is C15H26N2O3S. The van der Waals surface area contributed by atoms with Crippen LogP contribution in [0.3, 0.4) is 0 Å². The molecule has 1 aliphatic carbocycles. The van der Waals surface area contributed by atoms with Gasteiger partial charge in [0.1, 0.15) is 0 Å². The van der Waals surface area contributed by atoms with E-state index in [1.165, 1.54) is 0 Å². The number of hydrogen-bond acceptors (Lipinski definition) is 4. The summed E-state index contributed by atoms with van der Waals surface area (Å²) in [6.07, 6.45) is 6.89. The van der Waals surface area contributed by atoms with Gasteiger partial charge in [-0.3, -0.25) is 10.1 Å². The van der Waals surface area contributed by atoms with Crippen LogP contribution in [0.25, 0.3) is 0 Å². The Morgan fingerprint density at radius 3 is 2.62 bits per heavy atom. The van der Waals surface area contributed by atoms with Crippen LogP contribution in [0, 0.1) is 5.92 Å². The Bertz CT molecular complexity index is 511. The summed E-state index contributed by atoms with van der Waals surface area (Å²) >= 11 is 0. The molecule has 0 aromatic rings. The number of amides is 1. The molecule has 3 fully saturated rings. The lowest BCUT2D eigenvalue weighted by Crippen LogP contribution is -2.44. The van der Waals surface area contributed by atoms with Gasteiger partial charge in [-0.25, -0.2) is 8.42 Å². The Kier molecular flexibility index (Phi) is 4.03. The first-order valence-corrected chi connectivity index (χ1v) is 10.1. The Morgan fingerprint density at radius 2 is 2.05 bits per heavy atom. The summed E-state index contributed by atoms with van der Waals surface area (Å²) in [5.41, 5.74) is -0.336. The average molecular weight is 314 g/mol. The minimum absolute atomic E-state index is 0.101. The van der Waals surface area contributed by atoms with Crippen LogP contribution in [0.2, 0.25) is 0 Å². The van der Waals surface area contributed by atoms with Gasteiger partial charge < -0.3 is 4.90 Å². The molecule has 2 atom stereocenters. The normalized spacial score (nSPS) is 34.1. The van der Waals surface area contributed by atoms with Crippen molar-refractivity contribution >= 4 is 15.7 Å². The van der Waals surface area contributed by atoms with Crippen molar-refractivity contribution in [1.29, 1.82) is 0 Å². The van der Waals surface area contributed by atoms with E-state index in [2.05, 4.69) is 12.2 Å². The molecule has 0 bridgehead atoms. The molecule has 0 aromatic heterocycles. The fourth-order valence-electron chi connectivity index (χ4n) is 4.22. The summed E-state index contributed by atoms with van der Waals surface area (Å²) in [7, 11) is -2.87. The second kappa shape index (κ2) is 5.54.